The predicted molar refractivity (Wildman–Crippen MR) is 302 cm³/mol. The van der Waals surface area contributed by atoms with Crippen LogP contribution in [0.25, 0.3) is 22.3 Å². The van der Waals surface area contributed by atoms with Crippen LogP contribution in [-0.2, 0) is 92.9 Å². The zero-order valence-corrected chi connectivity index (χ0v) is 48.9. The molecule has 3 aliphatic heterocycles. The molecule has 3 fully saturated rings. The Balaban J connectivity index is 0.739. The van der Waals surface area contributed by atoms with Crippen molar-refractivity contribution in [3.63, 3.8) is 0 Å². The molecule has 3 aliphatic rings. The number of aliphatic carboxylic acids is 1. The van der Waals surface area contributed by atoms with E-state index in [2.05, 4.69) is 45.9 Å². The summed E-state index contributed by atoms with van der Waals surface area (Å²) in [6.07, 6.45) is -11.1. The molecule has 0 saturated carbocycles. The summed E-state index contributed by atoms with van der Waals surface area (Å²) in [4.78, 5) is 124. The first-order valence-electron chi connectivity index (χ1n) is 26.3. The highest BCUT2D eigenvalue weighted by atomic mass is 32.5. The number of Topliss-reactive ketones (excluding diaryl/α,β-unsaturated/α-hetero) is 1. The van der Waals surface area contributed by atoms with Crippen LogP contribution in [-0.4, -0.2) is 171 Å². The molecular weight excluding hydrogens is 1220 g/mol. The summed E-state index contributed by atoms with van der Waals surface area (Å²) in [5.41, 5.74) is 7.86. The van der Waals surface area contributed by atoms with Gasteiger partial charge in [-0.25, -0.2) is 48.3 Å². The van der Waals surface area contributed by atoms with Crippen molar-refractivity contribution in [1.82, 2.24) is 49.3 Å². The maximum absolute atomic E-state index is 16.7. The van der Waals surface area contributed by atoms with E-state index >= 15 is 8.78 Å². The van der Waals surface area contributed by atoms with Crippen LogP contribution in [0.2, 0.25) is 0 Å². The average Bonchev–Trinajstić information content (AvgIpc) is 2.34. The van der Waals surface area contributed by atoms with Gasteiger partial charge in [-0.1, -0.05) is 49.4 Å². The molecule has 8 N–H and O–H groups in total. The third kappa shape index (κ3) is 15.7. The highest BCUT2D eigenvalue weighted by Gasteiger charge is 2.54. The van der Waals surface area contributed by atoms with Crippen molar-refractivity contribution in [1.29, 1.82) is 0 Å². The molecule has 0 radical (unpaired) electrons. The first-order valence-corrected chi connectivity index (χ1v) is 31.5. The zero-order valence-electron chi connectivity index (χ0n) is 45.5. The minimum absolute atomic E-state index is 0.00628. The summed E-state index contributed by atoms with van der Waals surface area (Å²) in [6, 6.07) is 15.6. The predicted octanol–water partition coefficient (Wildman–Crippen LogP) is 4.16. The number of anilines is 3. The van der Waals surface area contributed by atoms with Crippen molar-refractivity contribution >= 4 is 112 Å². The smallest absolute Gasteiger partial charge is 0.412 e. The molecule has 36 heteroatoms. The number of nitrogens with zero attached hydrogens (tertiary/aromatic N) is 9. The van der Waals surface area contributed by atoms with E-state index in [0.29, 0.717) is 11.3 Å². The number of halogens is 2. The number of rotatable bonds is 20. The van der Waals surface area contributed by atoms with Crippen LogP contribution in [0.5, 0.6) is 0 Å². The van der Waals surface area contributed by atoms with E-state index < -0.39 is 118 Å². The number of benzene rings is 2. The standard InChI is InChI=1S/C50H57F2N13O17P2S2/c1-26(48(69)70)16-34(67)54-13-12-31(66)18-29(17-27-6-4-3-5-7-27)45(68)61-30-10-8-28(9-11-30)19-76-50(72)63(2)14-15-75-49(71)62-42-38-44(58-23-56-42)65(25-60-38)47-36(52)40-33(80-47)21-78-83(73,85)81-39-32(20-77-84(74,86)82-40)79-46(35(39)51)64-24-59-37-41(53)55-22-57-43(37)64/h3-11,22-26,29,32-33,35-36,39-40,46-47H,12-21H2,1-2H3,(H,54,67)(H,61,68)(H,69,70)(H,73,85)(H,74,86)(H2,53,55,57)(H,56,58,62,71)/t26?,29-,32+,33+,35+,36+,39+,40+,46+,47+,83?,84?/m0/s1. The molecule has 0 bridgehead atoms. The molecule has 3 unspecified atom stereocenters. The quantitative estimate of drug-likeness (QED) is 0.0527. The van der Waals surface area contributed by atoms with Gasteiger partial charge in [0.05, 0.1) is 38.3 Å². The third-order valence-electron chi connectivity index (χ3n) is 13.7. The Kier molecular flexibility index (Phi) is 20.4. The Morgan fingerprint density at radius 2 is 1.38 bits per heavy atom. The van der Waals surface area contributed by atoms with Crippen LogP contribution >= 0.6 is 13.4 Å². The minimum atomic E-state index is -4.42. The number of ether oxygens (including phenoxy) is 4. The first-order chi connectivity index (χ1) is 41.0. The second kappa shape index (κ2) is 27.7. The molecule has 30 nitrogen and oxygen atoms in total. The molecule has 6 aromatic rings. The zero-order chi connectivity index (χ0) is 61.5. The van der Waals surface area contributed by atoms with Gasteiger partial charge in [0.2, 0.25) is 11.8 Å². The lowest BCUT2D eigenvalue weighted by atomic mass is 9.92. The number of carboxylic acid groups (broad SMARTS) is 1. The van der Waals surface area contributed by atoms with Gasteiger partial charge in [0, 0.05) is 44.5 Å². The summed E-state index contributed by atoms with van der Waals surface area (Å²) in [5, 5.41) is 16.9. The topological polar surface area (TPSA) is 389 Å². The number of carboxylic acids is 1. The number of nitrogens with one attached hydrogen (secondary N) is 3. The van der Waals surface area contributed by atoms with Gasteiger partial charge < -0.3 is 64.2 Å². The van der Waals surface area contributed by atoms with E-state index in [1.54, 1.807) is 24.3 Å². The van der Waals surface area contributed by atoms with Gasteiger partial charge in [-0.15, -0.1) is 0 Å². The van der Waals surface area contributed by atoms with Crippen LogP contribution in [0.1, 0.15) is 49.8 Å². The van der Waals surface area contributed by atoms with Crippen LogP contribution in [0, 0.1) is 11.8 Å². The fraction of sp³-hybridized carbons (Fsp3) is 0.440. The largest absolute Gasteiger partial charge is 0.481 e. The SMILES string of the molecule is CC(CC(=O)NCCC(=O)C[C@H](Cc1ccccc1)C(=O)Nc1ccc(COC(=O)N(C)CCOC(=O)Nc2ncnc3c2ncn3[C@@H]2O[C@@H]3COP(O)(=S)O[C@H]4[C@@H](F)[C@H](n5cnc6c(N)ncnc65)O[C@@H]4COP(O)(=S)O[C@H]3[C@H]2F)cc1)C(=O)O. The number of amides is 4. The van der Waals surface area contributed by atoms with E-state index in [-0.39, 0.29) is 91.7 Å². The van der Waals surface area contributed by atoms with E-state index in [9.17, 15) is 38.6 Å². The monoisotopic (exact) mass is 1280 g/mol. The molecule has 7 heterocycles. The molecule has 86 heavy (non-hydrogen) atoms. The van der Waals surface area contributed by atoms with Crippen LogP contribution in [0.3, 0.4) is 0 Å². The lowest BCUT2D eigenvalue weighted by Crippen LogP contribution is -2.37. The van der Waals surface area contributed by atoms with Gasteiger partial charge in [-0.05, 0) is 53.3 Å². The fourth-order valence-corrected chi connectivity index (χ4v) is 12.1. The molecule has 9 rings (SSSR count). The first kappa shape index (κ1) is 63.3. The number of carbonyl (C=O) groups is 6. The molecular formula is C50H57F2N13O17P2S2. The Hall–Kier alpha value is -7.20. The summed E-state index contributed by atoms with van der Waals surface area (Å²) in [5.74, 6) is -4.08. The van der Waals surface area contributed by atoms with E-state index in [1.165, 1.54) is 24.9 Å². The number of imidazole rings is 2. The molecule has 3 saturated heterocycles. The Labute approximate surface area is 496 Å². The lowest BCUT2D eigenvalue weighted by molar-refractivity contribution is -0.143. The number of ketones is 1. The van der Waals surface area contributed by atoms with Crippen molar-refractivity contribution in [2.24, 2.45) is 11.8 Å². The van der Waals surface area contributed by atoms with Crippen molar-refractivity contribution in [3.8, 4) is 0 Å². The van der Waals surface area contributed by atoms with Gasteiger partial charge >= 0.3 is 31.6 Å². The molecule has 2 aromatic carbocycles. The molecule has 460 valence electrons. The van der Waals surface area contributed by atoms with Crippen molar-refractivity contribution in [2.75, 3.05) is 56.3 Å². The maximum Gasteiger partial charge on any atom is 0.412 e. The lowest BCUT2D eigenvalue weighted by Gasteiger charge is -2.29. The van der Waals surface area contributed by atoms with Crippen molar-refractivity contribution in [3.05, 3.63) is 91.0 Å². The van der Waals surface area contributed by atoms with Crippen LogP contribution < -0.4 is 21.7 Å². The molecule has 0 spiro atoms. The molecule has 4 aromatic heterocycles. The summed E-state index contributed by atoms with van der Waals surface area (Å²) >= 11 is 10.5. The third-order valence-corrected chi connectivity index (χ3v) is 16.8. The van der Waals surface area contributed by atoms with Gasteiger partial charge in [-0.2, -0.15) is 0 Å². The van der Waals surface area contributed by atoms with E-state index in [0.717, 1.165) is 34.0 Å². The number of carbonyl (C=O) groups excluding carboxylic acids is 5. The summed E-state index contributed by atoms with van der Waals surface area (Å²) < 4.78 is 80.4. The number of likely N-dealkylation sites (N-methyl/N-ethyl adjacent to an activating group) is 1. The van der Waals surface area contributed by atoms with Gasteiger partial charge in [-0.3, -0.25) is 42.7 Å². The number of hydrogen-bond acceptors (Lipinski definition) is 23. The average molecular weight is 1280 g/mol. The molecule has 0 aliphatic carbocycles. The number of nitrogens with two attached hydrogens (primary N) is 1. The number of alkyl halides is 2. The fourth-order valence-electron chi connectivity index (χ4n) is 9.24. The molecule has 4 amide bonds. The van der Waals surface area contributed by atoms with Crippen molar-refractivity contribution < 1.29 is 89.5 Å². The van der Waals surface area contributed by atoms with Gasteiger partial charge in [0.1, 0.15) is 61.6 Å². The second-order valence-corrected chi connectivity index (χ2v) is 25.5. The normalized spacial score (nSPS) is 25.6. The maximum atomic E-state index is 16.7. The van der Waals surface area contributed by atoms with Gasteiger partial charge in [0.15, 0.2) is 53.2 Å². The van der Waals surface area contributed by atoms with E-state index in [4.69, 9.17) is 71.5 Å². The van der Waals surface area contributed by atoms with Crippen LogP contribution in [0.15, 0.2) is 79.9 Å². The highest BCUT2D eigenvalue weighted by Crippen LogP contribution is 2.55. The number of nitrogen functional groups attached to an aromatic ring is 1. The number of fused-ring (bicyclic) bond motifs is 4. The van der Waals surface area contributed by atoms with E-state index in [1.807, 2.05) is 30.3 Å². The Morgan fingerprint density at radius 3 is 2.00 bits per heavy atom. The highest BCUT2D eigenvalue weighted by molar-refractivity contribution is 8.07. The summed E-state index contributed by atoms with van der Waals surface area (Å²) in [7, 11) is 1.41. The van der Waals surface area contributed by atoms with Crippen molar-refractivity contribution in [2.45, 2.75) is 88.4 Å². The summed E-state index contributed by atoms with van der Waals surface area (Å²) in [6.45, 7) is -9.43. The number of hydrogen-bond donors (Lipinski definition) is 7. The molecule has 12 atom stereocenters. The van der Waals surface area contributed by atoms with Gasteiger partial charge in [0.25, 0.3) is 0 Å². The second-order valence-electron chi connectivity index (χ2n) is 19.9. The van der Waals surface area contributed by atoms with Crippen LogP contribution in [0.4, 0.5) is 35.7 Å². The number of aromatic nitrogens is 8. The Morgan fingerprint density at radius 1 is 0.791 bits per heavy atom. The Bertz CT molecular complexity index is 3570. The minimum Gasteiger partial charge on any atom is -0.481 e.